The van der Waals surface area contributed by atoms with Crippen LogP contribution < -0.4 is 10.6 Å². The zero-order valence-corrected chi connectivity index (χ0v) is 10.9. The second kappa shape index (κ2) is 5.49. The minimum Gasteiger partial charge on any atom is -0.467 e. The summed E-state index contributed by atoms with van der Waals surface area (Å²) in [5.41, 5.74) is 1.30. The van der Waals surface area contributed by atoms with Crippen molar-refractivity contribution in [3.63, 3.8) is 0 Å². The van der Waals surface area contributed by atoms with E-state index in [9.17, 15) is 9.59 Å². The van der Waals surface area contributed by atoms with E-state index >= 15 is 0 Å². The van der Waals surface area contributed by atoms with Crippen LogP contribution in [0.15, 0.2) is 47.2 Å². The summed E-state index contributed by atoms with van der Waals surface area (Å²) < 4.78 is 5.06. The molecule has 7 heteroatoms. The van der Waals surface area contributed by atoms with Crippen LogP contribution in [0.25, 0.3) is 10.9 Å². The molecule has 0 radical (unpaired) electrons. The van der Waals surface area contributed by atoms with E-state index in [-0.39, 0.29) is 6.54 Å². The highest BCUT2D eigenvalue weighted by molar-refractivity contribution is 6.39. The Hall–Kier alpha value is -3.09. The first-order valence-electron chi connectivity index (χ1n) is 6.27. The highest BCUT2D eigenvalue weighted by atomic mass is 16.3. The predicted octanol–water partition coefficient (Wildman–Crippen LogP) is 1.41. The number of benzene rings is 1. The van der Waals surface area contributed by atoms with Gasteiger partial charge in [-0.3, -0.25) is 14.7 Å². The van der Waals surface area contributed by atoms with Crippen LogP contribution in [0.3, 0.4) is 0 Å². The molecule has 3 N–H and O–H groups in total. The number of fused-ring (bicyclic) bond motifs is 1. The monoisotopic (exact) mass is 284 g/mol. The number of nitrogens with one attached hydrogen (secondary N) is 3. The van der Waals surface area contributed by atoms with Gasteiger partial charge in [-0.2, -0.15) is 5.10 Å². The fourth-order valence-corrected chi connectivity index (χ4v) is 1.86. The molecule has 0 fully saturated rings. The van der Waals surface area contributed by atoms with Crippen LogP contribution in [0.1, 0.15) is 5.76 Å². The van der Waals surface area contributed by atoms with Crippen molar-refractivity contribution in [2.45, 2.75) is 6.54 Å². The molecule has 0 aliphatic carbocycles. The molecule has 0 atom stereocenters. The molecule has 1 aromatic carbocycles. The van der Waals surface area contributed by atoms with Crippen molar-refractivity contribution >= 4 is 28.4 Å². The van der Waals surface area contributed by atoms with Gasteiger partial charge in [-0.1, -0.05) is 0 Å². The number of carbonyl (C=O) groups is 2. The molecule has 0 saturated carbocycles. The van der Waals surface area contributed by atoms with E-state index in [2.05, 4.69) is 20.8 Å². The first kappa shape index (κ1) is 12.9. The van der Waals surface area contributed by atoms with Gasteiger partial charge in [-0.05, 0) is 30.3 Å². The fraction of sp³-hybridized carbons (Fsp3) is 0.0714. The summed E-state index contributed by atoms with van der Waals surface area (Å²) in [4.78, 5) is 23.4. The van der Waals surface area contributed by atoms with Gasteiger partial charge in [0.1, 0.15) is 5.76 Å². The Morgan fingerprint density at radius 1 is 1.24 bits per heavy atom. The first-order chi connectivity index (χ1) is 10.2. The second-order valence-corrected chi connectivity index (χ2v) is 4.39. The van der Waals surface area contributed by atoms with Gasteiger partial charge in [0.2, 0.25) is 0 Å². The molecule has 3 rings (SSSR count). The minimum absolute atomic E-state index is 0.166. The predicted molar refractivity (Wildman–Crippen MR) is 75.3 cm³/mol. The maximum Gasteiger partial charge on any atom is 0.313 e. The number of aromatic amines is 1. The largest absolute Gasteiger partial charge is 0.467 e. The SMILES string of the molecule is O=C(NCc1ccco1)C(=O)Nc1ccc2cn[nH]c2c1. The van der Waals surface area contributed by atoms with Gasteiger partial charge >= 0.3 is 11.8 Å². The van der Waals surface area contributed by atoms with Crippen molar-refractivity contribution in [2.24, 2.45) is 0 Å². The molecule has 2 heterocycles. The van der Waals surface area contributed by atoms with Crippen LogP contribution in [0.5, 0.6) is 0 Å². The number of hydrogen-bond donors (Lipinski definition) is 3. The summed E-state index contributed by atoms with van der Waals surface area (Å²) in [7, 11) is 0. The molecule has 2 aromatic heterocycles. The van der Waals surface area contributed by atoms with E-state index in [0.29, 0.717) is 11.4 Å². The van der Waals surface area contributed by atoms with E-state index in [4.69, 9.17) is 4.42 Å². The summed E-state index contributed by atoms with van der Waals surface area (Å²) in [5, 5.41) is 12.6. The molecule has 3 aromatic rings. The molecular formula is C14H12N4O3. The Kier molecular flexibility index (Phi) is 3.38. The fourth-order valence-electron chi connectivity index (χ4n) is 1.86. The summed E-state index contributed by atoms with van der Waals surface area (Å²) in [6.45, 7) is 0.166. The Morgan fingerprint density at radius 3 is 2.95 bits per heavy atom. The topological polar surface area (TPSA) is 100 Å². The Labute approximate surface area is 119 Å². The number of anilines is 1. The molecule has 2 amide bonds. The van der Waals surface area contributed by atoms with Gasteiger partial charge < -0.3 is 15.1 Å². The van der Waals surface area contributed by atoms with Gasteiger partial charge in [-0.15, -0.1) is 0 Å². The molecule has 0 aliphatic heterocycles. The van der Waals surface area contributed by atoms with Gasteiger partial charge in [0.05, 0.1) is 24.5 Å². The molecule has 0 saturated heterocycles. The minimum atomic E-state index is -0.736. The molecule has 106 valence electrons. The van der Waals surface area contributed by atoms with Gasteiger partial charge in [0, 0.05) is 11.1 Å². The number of aromatic nitrogens is 2. The number of hydrogen-bond acceptors (Lipinski definition) is 4. The molecule has 0 spiro atoms. The zero-order valence-electron chi connectivity index (χ0n) is 10.9. The van der Waals surface area contributed by atoms with Crippen LogP contribution in [-0.4, -0.2) is 22.0 Å². The lowest BCUT2D eigenvalue weighted by atomic mass is 10.2. The number of furan rings is 1. The number of amides is 2. The molecule has 0 unspecified atom stereocenters. The standard InChI is InChI=1S/C14H12N4O3/c19-13(15-8-11-2-1-5-21-11)14(20)17-10-4-3-9-7-16-18-12(9)6-10/h1-7H,8H2,(H,15,19)(H,16,18)(H,17,20). The lowest BCUT2D eigenvalue weighted by Gasteiger charge is -2.05. The summed E-state index contributed by atoms with van der Waals surface area (Å²) in [6.07, 6.45) is 3.18. The van der Waals surface area contributed by atoms with Gasteiger partial charge in [-0.25, -0.2) is 0 Å². The number of carbonyl (C=O) groups excluding carboxylic acids is 2. The lowest BCUT2D eigenvalue weighted by molar-refractivity contribution is -0.136. The van der Waals surface area contributed by atoms with Crippen LogP contribution in [-0.2, 0) is 16.1 Å². The average molecular weight is 284 g/mol. The molecule has 0 aliphatic rings. The highest BCUT2D eigenvalue weighted by Crippen LogP contribution is 2.16. The quantitative estimate of drug-likeness (QED) is 0.633. The van der Waals surface area contributed by atoms with Crippen LogP contribution >= 0.6 is 0 Å². The van der Waals surface area contributed by atoms with Crippen molar-refractivity contribution in [1.82, 2.24) is 15.5 Å². The van der Waals surface area contributed by atoms with Crippen molar-refractivity contribution in [2.75, 3.05) is 5.32 Å². The van der Waals surface area contributed by atoms with E-state index in [1.807, 2.05) is 0 Å². The first-order valence-corrected chi connectivity index (χ1v) is 6.27. The van der Waals surface area contributed by atoms with E-state index in [1.165, 1.54) is 6.26 Å². The maximum atomic E-state index is 11.8. The van der Waals surface area contributed by atoms with Crippen LogP contribution in [0.2, 0.25) is 0 Å². The Bertz CT molecular complexity index is 776. The number of H-pyrrole nitrogens is 1. The summed E-state index contributed by atoms with van der Waals surface area (Å²) in [6, 6.07) is 8.64. The van der Waals surface area contributed by atoms with Crippen molar-refractivity contribution in [3.05, 3.63) is 48.6 Å². The van der Waals surface area contributed by atoms with Crippen LogP contribution in [0, 0.1) is 0 Å². The zero-order chi connectivity index (χ0) is 14.7. The van der Waals surface area contributed by atoms with Crippen molar-refractivity contribution < 1.29 is 14.0 Å². The molecule has 21 heavy (non-hydrogen) atoms. The second-order valence-electron chi connectivity index (χ2n) is 4.39. The van der Waals surface area contributed by atoms with Crippen LogP contribution in [0.4, 0.5) is 5.69 Å². The number of nitrogens with zero attached hydrogens (tertiary/aromatic N) is 1. The molecule has 7 nitrogen and oxygen atoms in total. The Balaban J connectivity index is 1.60. The van der Waals surface area contributed by atoms with Gasteiger partial charge in [0.15, 0.2) is 0 Å². The molecule has 0 bridgehead atoms. The third-order valence-corrected chi connectivity index (χ3v) is 2.91. The smallest absolute Gasteiger partial charge is 0.313 e. The lowest BCUT2D eigenvalue weighted by Crippen LogP contribution is -2.34. The Morgan fingerprint density at radius 2 is 2.14 bits per heavy atom. The summed E-state index contributed by atoms with van der Waals surface area (Å²) in [5.74, 6) is -0.883. The van der Waals surface area contributed by atoms with Crippen molar-refractivity contribution in [3.8, 4) is 0 Å². The highest BCUT2D eigenvalue weighted by Gasteiger charge is 2.14. The van der Waals surface area contributed by atoms with E-state index in [0.717, 1.165) is 10.9 Å². The third-order valence-electron chi connectivity index (χ3n) is 2.91. The average Bonchev–Trinajstić information content (AvgIpc) is 3.15. The normalized spacial score (nSPS) is 10.5. The third kappa shape index (κ3) is 2.92. The van der Waals surface area contributed by atoms with Gasteiger partial charge in [0.25, 0.3) is 0 Å². The maximum absolute atomic E-state index is 11.8. The molecular weight excluding hydrogens is 272 g/mol. The van der Waals surface area contributed by atoms with E-state index < -0.39 is 11.8 Å². The van der Waals surface area contributed by atoms with Crippen molar-refractivity contribution in [1.29, 1.82) is 0 Å². The number of rotatable bonds is 3. The van der Waals surface area contributed by atoms with E-state index in [1.54, 1.807) is 36.5 Å². The summed E-state index contributed by atoms with van der Waals surface area (Å²) >= 11 is 0.